The van der Waals surface area contributed by atoms with Gasteiger partial charge in [-0.3, -0.25) is 9.69 Å². The first-order valence-electron chi connectivity index (χ1n) is 9.81. The fourth-order valence-corrected chi connectivity index (χ4v) is 4.83. The van der Waals surface area contributed by atoms with Gasteiger partial charge in [-0.2, -0.15) is 5.26 Å². The van der Waals surface area contributed by atoms with Gasteiger partial charge in [0.1, 0.15) is 5.92 Å². The number of anilines is 1. The van der Waals surface area contributed by atoms with Crippen molar-refractivity contribution < 1.29 is 9.53 Å². The highest BCUT2D eigenvalue weighted by molar-refractivity contribution is 6.14. The second-order valence-electron chi connectivity index (χ2n) is 7.52. The monoisotopic (exact) mass is 380 g/mol. The summed E-state index contributed by atoms with van der Waals surface area (Å²) < 4.78 is 5.98. The molecule has 2 aliphatic rings. The van der Waals surface area contributed by atoms with E-state index in [0.717, 1.165) is 22.4 Å². The number of nitriles is 1. The Bertz CT molecular complexity index is 1120. The van der Waals surface area contributed by atoms with Gasteiger partial charge in [-0.15, -0.1) is 0 Å². The average molecular weight is 380 g/mol. The molecule has 0 aromatic heterocycles. The van der Waals surface area contributed by atoms with Crippen LogP contribution in [0.5, 0.6) is 0 Å². The van der Waals surface area contributed by atoms with E-state index in [1.54, 1.807) is 0 Å². The molecule has 0 bridgehead atoms. The van der Waals surface area contributed by atoms with Gasteiger partial charge in [0.15, 0.2) is 0 Å². The SMILES string of the molecule is N#C[C@@H]1c2ccccc2N2C(=O)c3ccccc3[C@]12CCOCc1ccccc1. The molecule has 0 saturated heterocycles. The Morgan fingerprint density at radius 3 is 2.52 bits per heavy atom. The van der Waals surface area contributed by atoms with Crippen molar-refractivity contribution in [1.29, 1.82) is 5.26 Å². The van der Waals surface area contributed by atoms with Crippen molar-refractivity contribution in [2.45, 2.75) is 24.5 Å². The van der Waals surface area contributed by atoms with Crippen LogP contribution in [0, 0.1) is 11.3 Å². The van der Waals surface area contributed by atoms with Crippen LogP contribution in [-0.2, 0) is 16.9 Å². The van der Waals surface area contributed by atoms with E-state index in [1.165, 1.54) is 0 Å². The zero-order valence-electron chi connectivity index (χ0n) is 15.9. The van der Waals surface area contributed by atoms with E-state index >= 15 is 0 Å². The minimum absolute atomic E-state index is 0.0335. The molecule has 0 unspecified atom stereocenters. The number of nitrogens with zero attached hydrogens (tertiary/aromatic N) is 2. The standard InChI is InChI=1S/C25H20N2O2/c26-16-22-19-10-5-7-13-23(19)27-24(28)20-11-4-6-12-21(20)25(22,27)14-15-29-17-18-8-2-1-3-9-18/h1-13,22H,14-15,17H2/t22-,25-/m1/s1. The summed E-state index contributed by atoms with van der Waals surface area (Å²) in [6, 6.07) is 28.0. The van der Waals surface area contributed by atoms with E-state index in [0.29, 0.717) is 25.2 Å². The molecule has 3 aromatic carbocycles. The molecule has 2 heterocycles. The molecule has 1 amide bonds. The maximum Gasteiger partial charge on any atom is 0.259 e. The Hall–Kier alpha value is -3.42. The minimum Gasteiger partial charge on any atom is -0.377 e. The summed E-state index contributed by atoms with van der Waals surface area (Å²) in [5.41, 5.74) is 3.75. The van der Waals surface area contributed by atoms with Crippen LogP contribution in [0.1, 0.15) is 39.4 Å². The van der Waals surface area contributed by atoms with Crippen LogP contribution in [0.15, 0.2) is 78.9 Å². The lowest BCUT2D eigenvalue weighted by molar-refractivity contribution is 0.0901. The van der Waals surface area contributed by atoms with Gasteiger partial charge >= 0.3 is 0 Å². The van der Waals surface area contributed by atoms with E-state index in [2.05, 4.69) is 6.07 Å². The van der Waals surface area contributed by atoms with Crippen molar-refractivity contribution in [3.63, 3.8) is 0 Å². The lowest BCUT2D eigenvalue weighted by Crippen LogP contribution is -2.44. The Morgan fingerprint density at radius 2 is 1.69 bits per heavy atom. The van der Waals surface area contributed by atoms with Crippen molar-refractivity contribution in [3.8, 4) is 6.07 Å². The molecule has 29 heavy (non-hydrogen) atoms. The number of rotatable bonds is 5. The molecule has 5 rings (SSSR count). The maximum absolute atomic E-state index is 13.3. The molecule has 4 nitrogen and oxygen atoms in total. The third-order valence-corrected chi connectivity index (χ3v) is 6.06. The highest BCUT2D eigenvalue weighted by Crippen LogP contribution is 2.59. The van der Waals surface area contributed by atoms with Gasteiger partial charge in [-0.05, 0) is 28.8 Å². The van der Waals surface area contributed by atoms with Crippen LogP contribution in [0.25, 0.3) is 0 Å². The van der Waals surface area contributed by atoms with Gasteiger partial charge < -0.3 is 4.74 Å². The molecule has 0 saturated carbocycles. The van der Waals surface area contributed by atoms with E-state index in [-0.39, 0.29) is 5.91 Å². The summed E-state index contributed by atoms with van der Waals surface area (Å²) in [4.78, 5) is 15.2. The van der Waals surface area contributed by atoms with Crippen LogP contribution in [-0.4, -0.2) is 12.5 Å². The van der Waals surface area contributed by atoms with Gasteiger partial charge in [0.25, 0.3) is 5.91 Å². The van der Waals surface area contributed by atoms with Crippen LogP contribution in [0.2, 0.25) is 0 Å². The first-order valence-corrected chi connectivity index (χ1v) is 9.81. The first-order chi connectivity index (χ1) is 14.3. The fourth-order valence-electron chi connectivity index (χ4n) is 4.83. The highest BCUT2D eigenvalue weighted by atomic mass is 16.5. The Kier molecular flexibility index (Phi) is 4.19. The van der Waals surface area contributed by atoms with E-state index in [9.17, 15) is 10.1 Å². The van der Waals surface area contributed by atoms with Gasteiger partial charge in [-0.25, -0.2) is 0 Å². The van der Waals surface area contributed by atoms with Gasteiger partial charge in [-0.1, -0.05) is 66.7 Å². The lowest BCUT2D eigenvalue weighted by atomic mass is 9.76. The third-order valence-electron chi connectivity index (χ3n) is 6.06. The Morgan fingerprint density at radius 1 is 0.966 bits per heavy atom. The van der Waals surface area contributed by atoms with E-state index in [4.69, 9.17) is 4.74 Å². The number of benzene rings is 3. The fraction of sp³-hybridized carbons (Fsp3) is 0.200. The van der Waals surface area contributed by atoms with Crippen LogP contribution in [0.4, 0.5) is 5.69 Å². The summed E-state index contributed by atoms with van der Waals surface area (Å²) in [6.07, 6.45) is 0.565. The maximum atomic E-state index is 13.3. The summed E-state index contributed by atoms with van der Waals surface area (Å²) in [6.45, 7) is 0.968. The molecular formula is C25H20N2O2. The van der Waals surface area contributed by atoms with Gasteiger partial charge in [0.05, 0.1) is 18.2 Å². The predicted molar refractivity (Wildman–Crippen MR) is 110 cm³/mol. The van der Waals surface area contributed by atoms with Crippen molar-refractivity contribution >= 4 is 11.6 Å². The minimum atomic E-state index is -0.719. The summed E-state index contributed by atoms with van der Waals surface area (Å²) >= 11 is 0. The number of carbonyl (C=O) groups excluding carboxylic acids is 1. The number of para-hydroxylation sites is 1. The smallest absolute Gasteiger partial charge is 0.259 e. The van der Waals surface area contributed by atoms with Crippen LogP contribution in [0.3, 0.4) is 0 Å². The van der Waals surface area contributed by atoms with E-state index in [1.807, 2.05) is 83.8 Å². The number of hydrogen-bond acceptors (Lipinski definition) is 3. The number of ether oxygens (including phenoxy) is 1. The van der Waals surface area contributed by atoms with Crippen molar-refractivity contribution in [3.05, 3.63) is 101 Å². The molecule has 2 atom stereocenters. The van der Waals surface area contributed by atoms with E-state index < -0.39 is 11.5 Å². The number of amides is 1. The number of carbonyl (C=O) groups is 1. The van der Waals surface area contributed by atoms with Crippen LogP contribution >= 0.6 is 0 Å². The quantitative estimate of drug-likeness (QED) is 0.599. The lowest BCUT2D eigenvalue weighted by Gasteiger charge is -2.35. The first kappa shape index (κ1) is 17.7. The van der Waals surface area contributed by atoms with Crippen molar-refractivity contribution in [2.75, 3.05) is 11.5 Å². The number of fused-ring (bicyclic) bond motifs is 5. The normalized spacial score (nSPS) is 21.4. The van der Waals surface area contributed by atoms with Crippen molar-refractivity contribution in [1.82, 2.24) is 0 Å². The van der Waals surface area contributed by atoms with Crippen molar-refractivity contribution in [2.24, 2.45) is 0 Å². The van der Waals surface area contributed by atoms with Gasteiger partial charge in [0, 0.05) is 24.3 Å². The summed E-state index contributed by atoms with van der Waals surface area (Å²) in [5.74, 6) is -0.458. The summed E-state index contributed by atoms with van der Waals surface area (Å²) in [7, 11) is 0. The highest BCUT2D eigenvalue weighted by Gasteiger charge is 2.60. The largest absolute Gasteiger partial charge is 0.377 e. The molecule has 0 radical (unpaired) electrons. The second-order valence-corrected chi connectivity index (χ2v) is 7.52. The Labute approximate surface area is 170 Å². The average Bonchev–Trinajstić information content (AvgIpc) is 3.20. The molecule has 0 N–H and O–H groups in total. The number of hydrogen-bond donors (Lipinski definition) is 0. The predicted octanol–water partition coefficient (Wildman–Crippen LogP) is 4.77. The summed E-state index contributed by atoms with van der Waals surface area (Å²) in [5, 5.41) is 10.1. The second kappa shape index (κ2) is 6.88. The Balaban J connectivity index is 1.52. The zero-order chi connectivity index (χ0) is 19.8. The molecule has 0 fully saturated rings. The molecule has 0 spiro atoms. The molecular weight excluding hydrogens is 360 g/mol. The third kappa shape index (κ3) is 2.52. The molecule has 0 aliphatic carbocycles. The molecule has 142 valence electrons. The van der Waals surface area contributed by atoms with Gasteiger partial charge in [0.2, 0.25) is 0 Å². The molecule has 2 aliphatic heterocycles. The molecule has 4 heteroatoms. The topological polar surface area (TPSA) is 53.3 Å². The molecule has 3 aromatic rings. The zero-order valence-corrected chi connectivity index (χ0v) is 15.9. The van der Waals surface area contributed by atoms with Crippen LogP contribution < -0.4 is 4.90 Å².